The largest absolute Gasteiger partial charge is 0.496 e. The highest BCUT2D eigenvalue weighted by atomic mass is 16.5. The van der Waals surface area contributed by atoms with Gasteiger partial charge in [0.1, 0.15) is 17.8 Å². The van der Waals surface area contributed by atoms with Crippen molar-refractivity contribution in [1.82, 2.24) is 20.9 Å². The quantitative estimate of drug-likeness (QED) is 0.439. The minimum atomic E-state index is -1.25. The van der Waals surface area contributed by atoms with Crippen molar-refractivity contribution in [3.8, 4) is 5.75 Å². The zero-order valence-electron chi connectivity index (χ0n) is 16.5. The first-order valence-electron chi connectivity index (χ1n) is 8.99. The lowest BCUT2D eigenvalue weighted by Gasteiger charge is -2.23. The lowest BCUT2D eigenvalue weighted by atomic mass is 9.90. The van der Waals surface area contributed by atoms with Crippen molar-refractivity contribution in [3.63, 3.8) is 0 Å². The van der Waals surface area contributed by atoms with Crippen molar-refractivity contribution in [2.45, 2.75) is 32.7 Å². The molecule has 0 spiro atoms. The number of nitrogens with zero attached hydrogens (tertiary/aromatic N) is 1. The van der Waals surface area contributed by atoms with Crippen molar-refractivity contribution in [2.24, 2.45) is 0 Å². The number of imide groups is 1. The zero-order chi connectivity index (χ0) is 20.9. The standard InChI is InChI=1S/C19H26N4O5/c1-12-10-14(6-7-15(12)28-4)19(3)17(26)23(18(27)22-19)11-16(25)21-9-5-8-20-13(2)24/h6-7,10H,5,8-9,11H2,1-4H3,(H,20,24)(H,21,25)(H,22,27). The molecule has 1 aromatic carbocycles. The Balaban J connectivity index is 1.99. The summed E-state index contributed by atoms with van der Waals surface area (Å²) < 4.78 is 5.23. The van der Waals surface area contributed by atoms with Crippen LogP contribution in [0.2, 0.25) is 0 Å². The van der Waals surface area contributed by atoms with Gasteiger partial charge in [-0.25, -0.2) is 4.79 Å². The number of methoxy groups -OCH3 is 1. The Morgan fingerprint density at radius 1 is 1.21 bits per heavy atom. The molecule has 1 fully saturated rings. The van der Waals surface area contributed by atoms with E-state index in [4.69, 9.17) is 4.74 Å². The van der Waals surface area contributed by atoms with E-state index in [0.717, 1.165) is 10.5 Å². The van der Waals surface area contributed by atoms with Crippen LogP contribution in [0.25, 0.3) is 0 Å². The topological polar surface area (TPSA) is 117 Å². The fraction of sp³-hybridized carbons (Fsp3) is 0.474. The van der Waals surface area contributed by atoms with Gasteiger partial charge in [0.15, 0.2) is 0 Å². The molecule has 2 rings (SSSR count). The lowest BCUT2D eigenvalue weighted by molar-refractivity contribution is -0.134. The van der Waals surface area contributed by atoms with Crippen LogP contribution in [0.5, 0.6) is 5.75 Å². The summed E-state index contributed by atoms with van der Waals surface area (Å²) in [6, 6.07) is 4.62. The molecule has 1 aliphatic heterocycles. The fourth-order valence-corrected chi connectivity index (χ4v) is 3.01. The molecule has 0 aliphatic carbocycles. The number of hydrogen-bond donors (Lipinski definition) is 3. The third-order valence-corrected chi connectivity index (χ3v) is 4.60. The molecule has 0 saturated carbocycles. The predicted molar refractivity (Wildman–Crippen MR) is 102 cm³/mol. The van der Waals surface area contributed by atoms with E-state index in [-0.39, 0.29) is 12.5 Å². The number of hydrogen-bond acceptors (Lipinski definition) is 5. The van der Waals surface area contributed by atoms with Crippen molar-refractivity contribution in [2.75, 3.05) is 26.7 Å². The third-order valence-electron chi connectivity index (χ3n) is 4.60. The predicted octanol–water partition coefficient (Wildman–Crippen LogP) is 0.413. The summed E-state index contributed by atoms with van der Waals surface area (Å²) in [5.74, 6) is -0.393. The molecular weight excluding hydrogens is 364 g/mol. The summed E-state index contributed by atoms with van der Waals surface area (Å²) >= 11 is 0. The summed E-state index contributed by atoms with van der Waals surface area (Å²) in [5.41, 5.74) is 0.195. The van der Waals surface area contributed by atoms with Crippen LogP contribution < -0.4 is 20.7 Å². The molecule has 9 nitrogen and oxygen atoms in total. The Morgan fingerprint density at radius 3 is 2.50 bits per heavy atom. The Morgan fingerprint density at radius 2 is 1.89 bits per heavy atom. The number of aryl methyl sites for hydroxylation is 1. The van der Waals surface area contributed by atoms with Crippen molar-refractivity contribution >= 4 is 23.8 Å². The molecule has 1 saturated heterocycles. The first-order chi connectivity index (χ1) is 13.2. The molecule has 0 aromatic heterocycles. The molecule has 9 heteroatoms. The van der Waals surface area contributed by atoms with Crippen molar-refractivity contribution in [3.05, 3.63) is 29.3 Å². The van der Waals surface area contributed by atoms with Gasteiger partial charge < -0.3 is 20.7 Å². The van der Waals surface area contributed by atoms with Crippen molar-refractivity contribution < 1.29 is 23.9 Å². The van der Waals surface area contributed by atoms with Crippen LogP contribution in [0, 0.1) is 6.92 Å². The second kappa shape index (κ2) is 8.73. The fourth-order valence-electron chi connectivity index (χ4n) is 3.01. The minimum Gasteiger partial charge on any atom is -0.496 e. The number of amides is 5. The molecule has 1 atom stereocenters. The summed E-state index contributed by atoms with van der Waals surface area (Å²) in [6.45, 7) is 5.28. The maximum absolute atomic E-state index is 12.9. The molecular formula is C19H26N4O5. The van der Waals surface area contributed by atoms with Gasteiger partial charge in [0.2, 0.25) is 11.8 Å². The Labute approximate surface area is 163 Å². The van der Waals surface area contributed by atoms with Gasteiger partial charge in [0.05, 0.1) is 7.11 Å². The molecule has 1 heterocycles. The SMILES string of the molecule is COc1ccc(C2(C)NC(=O)N(CC(=O)NCCCNC(C)=O)C2=O)cc1C. The number of urea groups is 1. The van der Waals surface area contributed by atoms with E-state index >= 15 is 0 Å². The van der Waals surface area contributed by atoms with Crippen LogP contribution in [0.3, 0.4) is 0 Å². The summed E-state index contributed by atoms with van der Waals surface area (Å²) in [4.78, 5) is 49.0. The zero-order valence-corrected chi connectivity index (χ0v) is 16.5. The number of carbonyl (C=O) groups excluding carboxylic acids is 4. The first kappa shape index (κ1) is 21.2. The molecule has 1 aromatic rings. The Hall–Kier alpha value is -3.10. The Kier molecular flexibility index (Phi) is 6.61. The molecule has 1 unspecified atom stereocenters. The average Bonchev–Trinajstić information content (AvgIpc) is 2.85. The van der Waals surface area contributed by atoms with Crippen LogP contribution >= 0.6 is 0 Å². The molecule has 5 amide bonds. The smallest absolute Gasteiger partial charge is 0.325 e. The molecule has 28 heavy (non-hydrogen) atoms. The van der Waals surface area contributed by atoms with Gasteiger partial charge in [-0.2, -0.15) is 0 Å². The Bertz CT molecular complexity index is 795. The minimum absolute atomic E-state index is 0.140. The number of rotatable bonds is 8. The number of ether oxygens (including phenoxy) is 1. The highest BCUT2D eigenvalue weighted by Crippen LogP contribution is 2.31. The van der Waals surface area contributed by atoms with Gasteiger partial charge in [-0.15, -0.1) is 0 Å². The van der Waals surface area contributed by atoms with E-state index in [0.29, 0.717) is 30.8 Å². The maximum Gasteiger partial charge on any atom is 0.325 e. The van der Waals surface area contributed by atoms with Crippen LogP contribution in [0.4, 0.5) is 4.79 Å². The van der Waals surface area contributed by atoms with E-state index < -0.39 is 23.4 Å². The van der Waals surface area contributed by atoms with Gasteiger partial charge in [0, 0.05) is 20.0 Å². The monoisotopic (exact) mass is 390 g/mol. The summed E-state index contributed by atoms with van der Waals surface area (Å²) in [7, 11) is 1.56. The first-order valence-corrected chi connectivity index (χ1v) is 8.99. The number of benzene rings is 1. The number of nitrogens with one attached hydrogen (secondary N) is 3. The van der Waals surface area contributed by atoms with E-state index in [1.165, 1.54) is 6.92 Å². The second-order valence-corrected chi connectivity index (χ2v) is 6.82. The van der Waals surface area contributed by atoms with Gasteiger partial charge in [0.25, 0.3) is 5.91 Å². The molecule has 3 N–H and O–H groups in total. The van der Waals surface area contributed by atoms with E-state index in [1.807, 2.05) is 6.92 Å². The van der Waals surface area contributed by atoms with E-state index in [1.54, 1.807) is 32.2 Å². The van der Waals surface area contributed by atoms with Gasteiger partial charge in [-0.05, 0) is 43.5 Å². The summed E-state index contributed by atoms with van der Waals surface area (Å²) in [6.07, 6.45) is 0.550. The van der Waals surface area contributed by atoms with Crippen LogP contribution in [0.1, 0.15) is 31.4 Å². The molecule has 0 radical (unpaired) electrons. The highest BCUT2D eigenvalue weighted by molar-refractivity contribution is 6.09. The second-order valence-electron chi connectivity index (χ2n) is 6.82. The van der Waals surface area contributed by atoms with Gasteiger partial charge in [-0.1, -0.05) is 6.07 Å². The molecule has 152 valence electrons. The summed E-state index contributed by atoms with van der Waals surface area (Å²) in [5, 5.41) is 7.93. The van der Waals surface area contributed by atoms with Crippen LogP contribution in [0.15, 0.2) is 18.2 Å². The number of carbonyl (C=O) groups is 4. The van der Waals surface area contributed by atoms with Crippen LogP contribution in [-0.2, 0) is 19.9 Å². The average molecular weight is 390 g/mol. The highest BCUT2D eigenvalue weighted by Gasteiger charge is 2.49. The third kappa shape index (κ3) is 4.59. The maximum atomic E-state index is 12.9. The normalized spacial score (nSPS) is 18.6. The van der Waals surface area contributed by atoms with Crippen LogP contribution in [-0.4, -0.2) is 55.4 Å². The van der Waals surface area contributed by atoms with Crippen molar-refractivity contribution in [1.29, 1.82) is 0 Å². The molecule has 0 bridgehead atoms. The lowest BCUT2D eigenvalue weighted by Crippen LogP contribution is -2.43. The van der Waals surface area contributed by atoms with E-state index in [9.17, 15) is 19.2 Å². The molecule has 1 aliphatic rings. The van der Waals surface area contributed by atoms with Gasteiger partial charge in [-0.3, -0.25) is 19.3 Å². The van der Waals surface area contributed by atoms with Gasteiger partial charge >= 0.3 is 6.03 Å². The van der Waals surface area contributed by atoms with E-state index in [2.05, 4.69) is 16.0 Å².